The maximum absolute atomic E-state index is 4.77. The van der Waals surface area contributed by atoms with Gasteiger partial charge in [-0.05, 0) is 46.4 Å². The predicted octanol–water partition coefficient (Wildman–Crippen LogP) is 2.03. The lowest BCUT2D eigenvalue weighted by atomic mass is 10.0. The van der Waals surface area contributed by atoms with Crippen molar-refractivity contribution in [2.75, 3.05) is 38.1 Å². The standard InChI is InChI=1S/C16H28N4/c1-13-14(12-17-5)6-7-15(18-13)19-8-10-20(11-9-19)16(2,3)4/h6-7,17H,8-12H2,1-5H3. The first kappa shape index (κ1) is 15.3. The Kier molecular flexibility index (Phi) is 4.66. The van der Waals surface area contributed by atoms with Gasteiger partial charge in [-0.1, -0.05) is 6.07 Å². The summed E-state index contributed by atoms with van der Waals surface area (Å²) >= 11 is 0. The number of aryl methyl sites for hydroxylation is 1. The molecule has 0 saturated carbocycles. The Balaban J connectivity index is 2.02. The highest BCUT2D eigenvalue weighted by molar-refractivity contribution is 5.42. The van der Waals surface area contributed by atoms with Gasteiger partial charge in [-0.2, -0.15) is 0 Å². The van der Waals surface area contributed by atoms with E-state index in [-0.39, 0.29) is 5.54 Å². The van der Waals surface area contributed by atoms with Crippen molar-refractivity contribution >= 4 is 5.82 Å². The molecule has 1 aromatic rings. The first-order chi connectivity index (χ1) is 9.41. The predicted molar refractivity (Wildman–Crippen MR) is 85.3 cm³/mol. The fourth-order valence-corrected chi connectivity index (χ4v) is 2.74. The molecule has 112 valence electrons. The van der Waals surface area contributed by atoms with Crippen molar-refractivity contribution in [2.45, 2.75) is 39.8 Å². The molecule has 0 atom stereocenters. The molecule has 0 amide bonds. The topological polar surface area (TPSA) is 31.4 Å². The average Bonchev–Trinajstić information content (AvgIpc) is 2.40. The number of piperazine rings is 1. The van der Waals surface area contributed by atoms with Gasteiger partial charge in [-0.15, -0.1) is 0 Å². The quantitative estimate of drug-likeness (QED) is 0.915. The highest BCUT2D eigenvalue weighted by Gasteiger charge is 2.26. The molecule has 1 fully saturated rings. The van der Waals surface area contributed by atoms with E-state index in [1.165, 1.54) is 5.56 Å². The molecule has 0 aromatic carbocycles. The summed E-state index contributed by atoms with van der Waals surface area (Å²) in [6.45, 7) is 14.2. The van der Waals surface area contributed by atoms with E-state index in [2.05, 4.69) is 54.9 Å². The van der Waals surface area contributed by atoms with Gasteiger partial charge < -0.3 is 10.2 Å². The van der Waals surface area contributed by atoms with Gasteiger partial charge in [-0.25, -0.2) is 4.98 Å². The Morgan fingerprint density at radius 1 is 1.15 bits per heavy atom. The minimum absolute atomic E-state index is 0.270. The Bertz CT molecular complexity index is 442. The van der Waals surface area contributed by atoms with Gasteiger partial charge in [0.2, 0.25) is 0 Å². The van der Waals surface area contributed by atoms with Gasteiger partial charge in [0.15, 0.2) is 0 Å². The van der Waals surface area contributed by atoms with Crippen molar-refractivity contribution in [1.82, 2.24) is 15.2 Å². The summed E-state index contributed by atoms with van der Waals surface area (Å²) < 4.78 is 0. The highest BCUT2D eigenvalue weighted by Crippen LogP contribution is 2.20. The van der Waals surface area contributed by atoms with E-state index in [0.29, 0.717) is 0 Å². The third kappa shape index (κ3) is 3.49. The number of aromatic nitrogens is 1. The minimum atomic E-state index is 0.270. The van der Waals surface area contributed by atoms with E-state index >= 15 is 0 Å². The van der Waals surface area contributed by atoms with Crippen molar-refractivity contribution in [3.8, 4) is 0 Å². The molecule has 1 aromatic heterocycles. The number of nitrogens with zero attached hydrogens (tertiary/aromatic N) is 3. The molecule has 1 aliphatic rings. The molecule has 4 nitrogen and oxygen atoms in total. The zero-order valence-electron chi connectivity index (χ0n) is 13.5. The van der Waals surface area contributed by atoms with Crippen LogP contribution in [0.3, 0.4) is 0 Å². The van der Waals surface area contributed by atoms with Gasteiger partial charge in [0.05, 0.1) is 0 Å². The molecule has 0 spiro atoms. The monoisotopic (exact) mass is 276 g/mol. The molecule has 0 radical (unpaired) electrons. The van der Waals surface area contributed by atoms with Crippen LogP contribution in [0.2, 0.25) is 0 Å². The lowest BCUT2D eigenvalue weighted by molar-refractivity contribution is 0.128. The Labute approximate surface area is 123 Å². The molecule has 20 heavy (non-hydrogen) atoms. The number of nitrogens with one attached hydrogen (secondary N) is 1. The summed E-state index contributed by atoms with van der Waals surface area (Å²) in [6.07, 6.45) is 0. The summed E-state index contributed by atoms with van der Waals surface area (Å²) in [5.74, 6) is 1.12. The van der Waals surface area contributed by atoms with Crippen LogP contribution < -0.4 is 10.2 Å². The van der Waals surface area contributed by atoms with Gasteiger partial charge in [-0.3, -0.25) is 4.90 Å². The minimum Gasteiger partial charge on any atom is -0.354 e. The number of hydrogen-bond donors (Lipinski definition) is 1. The van der Waals surface area contributed by atoms with E-state index < -0.39 is 0 Å². The van der Waals surface area contributed by atoms with Crippen LogP contribution >= 0.6 is 0 Å². The van der Waals surface area contributed by atoms with Gasteiger partial charge >= 0.3 is 0 Å². The third-order valence-electron chi connectivity index (χ3n) is 4.10. The van der Waals surface area contributed by atoms with Crippen LogP contribution in [-0.4, -0.2) is 48.6 Å². The van der Waals surface area contributed by atoms with Crippen molar-refractivity contribution < 1.29 is 0 Å². The first-order valence-corrected chi connectivity index (χ1v) is 7.53. The average molecular weight is 276 g/mol. The molecule has 0 unspecified atom stereocenters. The maximum Gasteiger partial charge on any atom is 0.128 e. The molecule has 1 aliphatic heterocycles. The Morgan fingerprint density at radius 3 is 2.30 bits per heavy atom. The van der Waals surface area contributed by atoms with Crippen LogP contribution in [0, 0.1) is 6.92 Å². The Morgan fingerprint density at radius 2 is 1.80 bits per heavy atom. The summed E-state index contributed by atoms with van der Waals surface area (Å²) in [7, 11) is 1.97. The molecular weight excluding hydrogens is 248 g/mol. The second-order valence-electron chi connectivity index (χ2n) is 6.59. The fraction of sp³-hybridized carbons (Fsp3) is 0.688. The van der Waals surface area contributed by atoms with E-state index in [1.807, 2.05) is 7.05 Å². The summed E-state index contributed by atoms with van der Waals surface area (Å²) in [5.41, 5.74) is 2.69. The van der Waals surface area contributed by atoms with E-state index in [1.54, 1.807) is 0 Å². The zero-order chi connectivity index (χ0) is 14.8. The SMILES string of the molecule is CNCc1ccc(N2CCN(C(C)(C)C)CC2)nc1C. The van der Waals surface area contributed by atoms with Crippen molar-refractivity contribution in [3.63, 3.8) is 0 Å². The van der Waals surface area contributed by atoms with Crippen LogP contribution in [-0.2, 0) is 6.54 Å². The summed E-state index contributed by atoms with van der Waals surface area (Å²) in [6, 6.07) is 4.36. The maximum atomic E-state index is 4.77. The second-order valence-corrected chi connectivity index (χ2v) is 6.59. The van der Waals surface area contributed by atoms with Gasteiger partial charge in [0, 0.05) is 44.0 Å². The molecule has 0 bridgehead atoms. The molecule has 1 saturated heterocycles. The zero-order valence-corrected chi connectivity index (χ0v) is 13.5. The number of hydrogen-bond acceptors (Lipinski definition) is 4. The smallest absolute Gasteiger partial charge is 0.128 e. The lowest BCUT2D eigenvalue weighted by Crippen LogP contribution is -2.53. The van der Waals surface area contributed by atoms with Crippen molar-refractivity contribution in [2.24, 2.45) is 0 Å². The van der Waals surface area contributed by atoms with Crippen LogP contribution in [0.15, 0.2) is 12.1 Å². The van der Waals surface area contributed by atoms with E-state index in [0.717, 1.165) is 44.2 Å². The highest BCUT2D eigenvalue weighted by atomic mass is 15.3. The molecule has 2 heterocycles. The number of rotatable bonds is 3. The van der Waals surface area contributed by atoms with Crippen LogP contribution in [0.1, 0.15) is 32.0 Å². The Hall–Kier alpha value is -1.13. The van der Waals surface area contributed by atoms with E-state index in [4.69, 9.17) is 4.98 Å². The van der Waals surface area contributed by atoms with Crippen molar-refractivity contribution in [3.05, 3.63) is 23.4 Å². The lowest BCUT2D eigenvalue weighted by Gasteiger charge is -2.42. The van der Waals surface area contributed by atoms with Crippen LogP contribution in [0.25, 0.3) is 0 Å². The molecule has 0 aliphatic carbocycles. The third-order valence-corrected chi connectivity index (χ3v) is 4.10. The first-order valence-electron chi connectivity index (χ1n) is 7.53. The second kappa shape index (κ2) is 6.10. The molecule has 4 heteroatoms. The fourth-order valence-electron chi connectivity index (χ4n) is 2.74. The number of anilines is 1. The largest absolute Gasteiger partial charge is 0.354 e. The normalized spacial score (nSPS) is 17.6. The summed E-state index contributed by atoms with van der Waals surface area (Å²) in [5, 5.41) is 3.19. The summed E-state index contributed by atoms with van der Waals surface area (Å²) in [4.78, 5) is 9.72. The molecule has 1 N–H and O–H groups in total. The van der Waals surface area contributed by atoms with Gasteiger partial charge in [0.25, 0.3) is 0 Å². The van der Waals surface area contributed by atoms with Crippen LogP contribution in [0.5, 0.6) is 0 Å². The number of pyridine rings is 1. The molecular formula is C16H28N4. The van der Waals surface area contributed by atoms with E-state index in [9.17, 15) is 0 Å². The van der Waals surface area contributed by atoms with Crippen molar-refractivity contribution in [1.29, 1.82) is 0 Å². The van der Waals surface area contributed by atoms with Crippen LogP contribution in [0.4, 0.5) is 5.82 Å². The van der Waals surface area contributed by atoms with Gasteiger partial charge in [0.1, 0.15) is 5.82 Å². The molecule has 2 rings (SSSR count).